The van der Waals surface area contributed by atoms with Crippen molar-refractivity contribution in [2.24, 2.45) is 5.41 Å². The van der Waals surface area contributed by atoms with E-state index in [4.69, 9.17) is 0 Å². The van der Waals surface area contributed by atoms with Crippen molar-refractivity contribution >= 4 is 11.8 Å². The standard InChI is InChI=1S/C8H16S/c1-3-8(4-5-8)6-7-9-2/h3-7H2,1-2H3. The third-order valence-corrected chi connectivity index (χ3v) is 3.16. The Kier molecular flexibility index (Phi) is 2.45. The number of rotatable bonds is 4. The van der Waals surface area contributed by atoms with Gasteiger partial charge in [0.25, 0.3) is 0 Å². The Hall–Kier alpha value is 0.350. The first-order valence-corrected chi connectivity index (χ1v) is 5.21. The van der Waals surface area contributed by atoms with E-state index in [0.29, 0.717) is 0 Å². The van der Waals surface area contributed by atoms with Crippen molar-refractivity contribution in [2.75, 3.05) is 12.0 Å². The van der Waals surface area contributed by atoms with Gasteiger partial charge in [-0.15, -0.1) is 0 Å². The lowest BCUT2D eigenvalue weighted by Gasteiger charge is -2.09. The van der Waals surface area contributed by atoms with Gasteiger partial charge in [-0.25, -0.2) is 0 Å². The average Bonchev–Trinajstić information content (AvgIpc) is 2.65. The Bertz CT molecular complexity index is 84.6. The molecule has 0 aromatic carbocycles. The van der Waals surface area contributed by atoms with Gasteiger partial charge in [0.15, 0.2) is 0 Å². The van der Waals surface area contributed by atoms with E-state index >= 15 is 0 Å². The molecule has 0 atom stereocenters. The fourth-order valence-electron chi connectivity index (χ4n) is 1.28. The van der Waals surface area contributed by atoms with Crippen LogP contribution >= 0.6 is 11.8 Å². The molecule has 0 amide bonds. The molecule has 0 N–H and O–H groups in total. The second-order valence-corrected chi connectivity index (χ2v) is 4.08. The summed E-state index contributed by atoms with van der Waals surface area (Å²) in [6.07, 6.45) is 8.08. The maximum Gasteiger partial charge on any atom is -0.00650 e. The summed E-state index contributed by atoms with van der Waals surface area (Å²) in [5.41, 5.74) is 0.822. The van der Waals surface area contributed by atoms with Crippen molar-refractivity contribution in [1.29, 1.82) is 0 Å². The number of hydrogen-bond acceptors (Lipinski definition) is 1. The van der Waals surface area contributed by atoms with Gasteiger partial charge < -0.3 is 0 Å². The fraction of sp³-hybridized carbons (Fsp3) is 1.00. The van der Waals surface area contributed by atoms with Gasteiger partial charge in [-0.3, -0.25) is 0 Å². The maximum absolute atomic E-state index is 2.33. The first-order chi connectivity index (χ1) is 4.33. The molecule has 0 aliphatic heterocycles. The average molecular weight is 144 g/mol. The largest absolute Gasteiger partial charge is 0.165 e. The van der Waals surface area contributed by atoms with Crippen LogP contribution in [0.1, 0.15) is 32.6 Å². The zero-order chi connectivity index (χ0) is 6.74. The van der Waals surface area contributed by atoms with Crippen molar-refractivity contribution in [1.82, 2.24) is 0 Å². The van der Waals surface area contributed by atoms with E-state index in [1.165, 1.54) is 31.4 Å². The van der Waals surface area contributed by atoms with E-state index < -0.39 is 0 Å². The van der Waals surface area contributed by atoms with Gasteiger partial charge >= 0.3 is 0 Å². The second kappa shape index (κ2) is 2.96. The minimum atomic E-state index is 0.822. The van der Waals surface area contributed by atoms with E-state index in [9.17, 15) is 0 Å². The lowest BCUT2D eigenvalue weighted by Crippen LogP contribution is -1.98. The van der Waals surface area contributed by atoms with Crippen molar-refractivity contribution in [3.8, 4) is 0 Å². The van der Waals surface area contributed by atoms with Crippen LogP contribution < -0.4 is 0 Å². The van der Waals surface area contributed by atoms with Gasteiger partial charge in [0.05, 0.1) is 0 Å². The van der Waals surface area contributed by atoms with Crippen molar-refractivity contribution in [3.05, 3.63) is 0 Å². The maximum atomic E-state index is 2.33. The Labute approximate surface area is 62.4 Å². The summed E-state index contributed by atoms with van der Waals surface area (Å²) in [6, 6.07) is 0. The molecule has 1 rings (SSSR count). The molecule has 0 bridgehead atoms. The lowest BCUT2D eigenvalue weighted by atomic mass is 10.0. The molecule has 0 spiro atoms. The first kappa shape index (κ1) is 7.46. The van der Waals surface area contributed by atoms with Crippen LogP contribution in [-0.4, -0.2) is 12.0 Å². The van der Waals surface area contributed by atoms with E-state index in [1.807, 2.05) is 11.8 Å². The van der Waals surface area contributed by atoms with Crippen LogP contribution in [0, 0.1) is 5.41 Å². The number of hydrogen-bond donors (Lipinski definition) is 0. The molecule has 0 heterocycles. The van der Waals surface area contributed by atoms with Gasteiger partial charge in [-0.2, -0.15) is 11.8 Å². The summed E-state index contributed by atoms with van der Waals surface area (Å²) < 4.78 is 0. The minimum absolute atomic E-state index is 0.822. The minimum Gasteiger partial charge on any atom is -0.165 e. The molecular weight excluding hydrogens is 128 g/mol. The predicted molar refractivity (Wildman–Crippen MR) is 45.0 cm³/mol. The zero-order valence-corrected chi connectivity index (χ0v) is 7.26. The van der Waals surface area contributed by atoms with Crippen LogP contribution in [0.25, 0.3) is 0 Å². The molecule has 1 fully saturated rings. The summed E-state index contributed by atoms with van der Waals surface area (Å²) in [5, 5.41) is 0. The monoisotopic (exact) mass is 144 g/mol. The van der Waals surface area contributed by atoms with Crippen LogP contribution in [0.4, 0.5) is 0 Å². The highest BCUT2D eigenvalue weighted by Gasteiger charge is 2.39. The van der Waals surface area contributed by atoms with Crippen LogP contribution in [0.5, 0.6) is 0 Å². The van der Waals surface area contributed by atoms with Gasteiger partial charge in [-0.05, 0) is 36.7 Å². The quantitative estimate of drug-likeness (QED) is 0.584. The zero-order valence-electron chi connectivity index (χ0n) is 6.44. The van der Waals surface area contributed by atoms with Crippen molar-refractivity contribution in [3.63, 3.8) is 0 Å². The van der Waals surface area contributed by atoms with Gasteiger partial charge in [0.1, 0.15) is 0 Å². The van der Waals surface area contributed by atoms with E-state index in [-0.39, 0.29) is 0 Å². The van der Waals surface area contributed by atoms with Crippen molar-refractivity contribution < 1.29 is 0 Å². The summed E-state index contributed by atoms with van der Waals surface area (Å²) in [6.45, 7) is 2.33. The SMILES string of the molecule is CCC1(CCSC)CC1. The third kappa shape index (κ3) is 1.89. The van der Waals surface area contributed by atoms with Crippen LogP contribution in [0.3, 0.4) is 0 Å². The van der Waals surface area contributed by atoms with Crippen LogP contribution in [0.2, 0.25) is 0 Å². The highest BCUT2D eigenvalue weighted by Crippen LogP contribution is 2.51. The van der Waals surface area contributed by atoms with E-state index in [2.05, 4.69) is 13.2 Å². The molecule has 0 aromatic rings. The lowest BCUT2D eigenvalue weighted by molar-refractivity contribution is 0.478. The van der Waals surface area contributed by atoms with E-state index in [0.717, 1.165) is 5.41 Å². The Morgan fingerprint density at radius 2 is 2.11 bits per heavy atom. The molecule has 9 heavy (non-hydrogen) atoms. The summed E-state index contributed by atoms with van der Waals surface area (Å²) >= 11 is 1.98. The van der Waals surface area contributed by atoms with Gasteiger partial charge in [-0.1, -0.05) is 13.3 Å². The second-order valence-electron chi connectivity index (χ2n) is 3.10. The molecule has 1 aliphatic carbocycles. The summed E-state index contributed by atoms with van der Waals surface area (Å²) in [5.74, 6) is 1.37. The smallest absolute Gasteiger partial charge is 0.00650 e. The topological polar surface area (TPSA) is 0 Å². The molecule has 54 valence electrons. The Morgan fingerprint density at radius 1 is 1.44 bits per heavy atom. The molecule has 0 nitrogen and oxygen atoms in total. The summed E-state index contributed by atoms with van der Waals surface area (Å²) in [7, 11) is 0. The first-order valence-electron chi connectivity index (χ1n) is 3.82. The highest BCUT2D eigenvalue weighted by atomic mass is 32.2. The van der Waals surface area contributed by atoms with Gasteiger partial charge in [0.2, 0.25) is 0 Å². The molecule has 1 heteroatoms. The molecule has 0 unspecified atom stereocenters. The molecule has 1 saturated carbocycles. The third-order valence-electron chi connectivity index (χ3n) is 2.54. The number of thioether (sulfide) groups is 1. The fourth-order valence-corrected chi connectivity index (χ4v) is 1.91. The summed E-state index contributed by atoms with van der Waals surface area (Å²) in [4.78, 5) is 0. The Balaban J connectivity index is 2.10. The van der Waals surface area contributed by atoms with E-state index in [1.54, 1.807) is 0 Å². The van der Waals surface area contributed by atoms with Crippen LogP contribution in [-0.2, 0) is 0 Å². The molecule has 0 radical (unpaired) electrons. The van der Waals surface area contributed by atoms with Crippen molar-refractivity contribution in [2.45, 2.75) is 32.6 Å². The predicted octanol–water partition coefficient (Wildman–Crippen LogP) is 2.93. The normalized spacial score (nSPS) is 22.0. The molecule has 0 aromatic heterocycles. The molecule has 0 saturated heterocycles. The molecular formula is C8H16S. The molecule has 1 aliphatic rings. The highest BCUT2D eigenvalue weighted by molar-refractivity contribution is 7.98. The Morgan fingerprint density at radius 3 is 2.44 bits per heavy atom. The van der Waals surface area contributed by atoms with Crippen LogP contribution in [0.15, 0.2) is 0 Å². The van der Waals surface area contributed by atoms with Gasteiger partial charge in [0, 0.05) is 0 Å².